The summed E-state index contributed by atoms with van der Waals surface area (Å²) in [6.07, 6.45) is 3.01. The van der Waals surface area contributed by atoms with Gasteiger partial charge in [0, 0.05) is 30.4 Å². The van der Waals surface area contributed by atoms with Gasteiger partial charge in [-0.1, -0.05) is 0 Å². The Labute approximate surface area is 109 Å². The third-order valence-electron chi connectivity index (χ3n) is 4.15. The van der Waals surface area contributed by atoms with Crippen LogP contribution in [0.2, 0.25) is 0 Å². The smallest absolute Gasteiger partial charge is 0.0644 e. The molecule has 0 N–H and O–H groups in total. The first-order chi connectivity index (χ1) is 8.56. The molecule has 0 saturated carbocycles. The Morgan fingerprint density at radius 2 is 2.22 bits per heavy atom. The van der Waals surface area contributed by atoms with Gasteiger partial charge in [0.25, 0.3) is 0 Å². The molecule has 0 amide bonds. The van der Waals surface area contributed by atoms with E-state index in [2.05, 4.69) is 36.8 Å². The lowest BCUT2D eigenvalue weighted by molar-refractivity contribution is 0.194. The largest absolute Gasteiger partial charge is 0.292 e. The fourth-order valence-corrected chi connectivity index (χ4v) is 3.15. The zero-order valence-electron chi connectivity index (χ0n) is 11.8. The maximum absolute atomic E-state index is 8.87. The third-order valence-corrected chi connectivity index (χ3v) is 4.15. The molecule has 2 rings (SSSR count). The van der Waals surface area contributed by atoms with E-state index in [9.17, 15) is 0 Å². The summed E-state index contributed by atoms with van der Waals surface area (Å²) in [6.45, 7) is 7.48. The van der Waals surface area contributed by atoms with Gasteiger partial charge in [-0.15, -0.1) is 0 Å². The maximum Gasteiger partial charge on any atom is 0.0644 e. The SMILES string of the molecule is Cc1nn(C)c(C)c1C1CCCN1C(C)CC#N. The molecule has 2 heterocycles. The fraction of sp³-hybridized carbons (Fsp3) is 0.714. The molecule has 4 heteroatoms. The van der Waals surface area contributed by atoms with E-state index in [0.29, 0.717) is 18.5 Å². The lowest BCUT2D eigenvalue weighted by atomic mass is 10.0. The van der Waals surface area contributed by atoms with Gasteiger partial charge in [0.1, 0.15) is 0 Å². The van der Waals surface area contributed by atoms with Crippen molar-refractivity contribution in [1.29, 1.82) is 5.26 Å². The van der Waals surface area contributed by atoms with Gasteiger partial charge in [-0.05, 0) is 40.2 Å². The topological polar surface area (TPSA) is 44.9 Å². The van der Waals surface area contributed by atoms with Crippen LogP contribution < -0.4 is 0 Å². The second kappa shape index (κ2) is 5.11. The van der Waals surface area contributed by atoms with Crippen LogP contribution in [0.25, 0.3) is 0 Å². The molecule has 1 aliphatic heterocycles. The number of aryl methyl sites for hydroxylation is 2. The average Bonchev–Trinajstić information content (AvgIpc) is 2.86. The highest BCUT2D eigenvalue weighted by atomic mass is 15.3. The van der Waals surface area contributed by atoms with Gasteiger partial charge in [-0.25, -0.2) is 0 Å². The van der Waals surface area contributed by atoms with Crippen molar-refractivity contribution in [2.45, 2.75) is 52.1 Å². The van der Waals surface area contributed by atoms with Gasteiger partial charge in [0.05, 0.1) is 18.2 Å². The second-order valence-corrected chi connectivity index (χ2v) is 5.32. The number of hydrogen-bond acceptors (Lipinski definition) is 3. The van der Waals surface area contributed by atoms with Gasteiger partial charge in [0.2, 0.25) is 0 Å². The zero-order chi connectivity index (χ0) is 13.3. The fourth-order valence-electron chi connectivity index (χ4n) is 3.15. The number of nitrogens with zero attached hydrogens (tertiary/aromatic N) is 4. The van der Waals surface area contributed by atoms with Gasteiger partial charge in [-0.2, -0.15) is 10.4 Å². The van der Waals surface area contributed by atoms with Crippen LogP contribution in [0.15, 0.2) is 0 Å². The average molecular weight is 246 g/mol. The predicted octanol–water partition coefficient (Wildman–Crippen LogP) is 2.48. The molecule has 2 atom stereocenters. The molecule has 0 spiro atoms. The molecule has 1 aliphatic rings. The van der Waals surface area contributed by atoms with Crippen LogP contribution in [-0.2, 0) is 7.05 Å². The van der Waals surface area contributed by atoms with Crippen molar-refractivity contribution in [3.05, 3.63) is 17.0 Å². The van der Waals surface area contributed by atoms with Gasteiger partial charge < -0.3 is 0 Å². The summed E-state index contributed by atoms with van der Waals surface area (Å²) in [5.41, 5.74) is 3.77. The highest BCUT2D eigenvalue weighted by molar-refractivity contribution is 5.29. The summed E-state index contributed by atoms with van der Waals surface area (Å²) in [5, 5.41) is 13.4. The van der Waals surface area contributed by atoms with E-state index in [1.807, 2.05) is 11.7 Å². The third kappa shape index (κ3) is 2.15. The molecule has 1 aromatic heterocycles. The van der Waals surface area contributed by atoms with E-state index in [-0.39, 0.29) is 0 Å². The first kappa shape index (κ1) is 13.1. The number of hydrogen-bond donors (Lipinski definition) is 0. The Morgan fingerprint density at radius 1 is 1.50 bits per heavy atom. The maximum atomic E-state index is 8.87. The van der Waals surface area contributed by atoms with E-state index < -0.39 is 0 Å². The molecule has 1 fully saturated rings. The van der Waals surface area contributed by atoms with E-state index in [0.717, 1.165) is 12.2 Å². The van der Waals surface area contributed by atoms with Crippen LogP contribution in [0.1, 0.15) is 49.2 Å². The molecule has 0 bridgehead atoms. The molecule has 0 radical (unpaired) electrons. The van der Waals surface area contributed by atoms with Crippen LogP contribution in [0.4, 0.5) is 0 Å². The molecular formula is C14H22N4. The van der Waals surface area contributed by atoms with Crippen molar-refractivity contribution in [2.24, 2.45) is 7.05 Å². The van der Waals surface area contributed by atoms with Crippen LogP contribution >= 0.6 is 0 Å². The van der Waals surface area contributed by atoms with Gasteiger partial charge >= 0.3 is 0 Å². The molecule has 4 nitrogen and oxygen atoms in total. The van der Waals surface area contributed by atoms with E-state index in [1.165, 1.54) is 24.1 Å². The predicted molar refractivity (Wildman–Crippen MR) is 71.1 cm³/mol. The van der Waals surface area contributed by atoms with Crippen LogP contribution in [0, 0.1) is 25.2 Å². The first-order valence-electron chi connectivity index (χ1n) is 6.69. The minimum absolute atomic E-state index is 0.335. The molecule has 1 aromatic rings. The van der Waals surface area contributed by atoms with Crippen molar-refractivity contribution < 1.29 is 0 Å². The Bertz CT molecular complexity index is 469. The number of nitriles is 1. The van der Waals surface area contributed by atoms with Crippen molar-refractivity contribution in [3.63, 3.8) is 0 Å². The number of aromatic nitrogens is 2. The Balaban J connectivity index is 2.29. The zero-order valence-corrected chi connectivity index (χ0v) is 11.8. The summed E-state index contributed by atoms with van der Waals surface area (Å²) in [7, 11) is 2.00. The highest BCUT2D eigenvalue weighted by Crippen LogP contribution is 2.37. The van der Waals surface area contributed by atoms with Crippen LogP contribution in [-0.4, -0.2) is 27.3 Å². The molecule has 2 unspecified atom stereocenters. The van der Waals surface area contributed by atoms with Crippen LogP contribution in [0.5, 0.6) is 0 Å². The summed E-state index contributed by atoms with van der Waals surface area (Å²) in [6, 6.07) is 3.07. The minimum atomic E-state index is 0.335. The summed E-state index contributed by atoms with van der Waals surface area (Å²) in [4.78, 5) is 2.47. The summed E-state index contributed by atoms with van der Waals surface area (Å²) < 4.78 is 1.97. The van der Waals surface area contributed by atoms with Crippen molar-refractivity contribution in [2.75, 3.05) is 6.54 Å². The normalized spacial score (nSPS) is 22.1. The lowest BCUT2D eigenvalue weighted by Gasteiger charge is -2.29. The molecule has 1 saturated heterocycles. The number of rotatable bonds is 3. The van der Waals surface area contributed by atoms with E-state index in [1.54, 1.807) is 0 Å². The second-order valence-electron chi connectivity index (χ2n) is 5.32. The standard InChI is InChI=1S/C14H22N4/c1-10(7-8-15)18-9-5-6-13(18)14-11(2)16-17(4)12(14)3/h10,13H,5-7,9H2,1-4H3. The van der Waals surface area contributed by atoms with Gasteiger partial charge in [-0.3, -0.25) is 9.58 Å². The minimum Gasteiger partial charge on any atom is -0.292 e. The highest BCUT2D eigenvalue weighted by Gasteiger charge is 2.32. The molecular weight excluding hydrogens is 224 g/mol. The molecule has 18 heavy (non-hydrogen) atoms. The van der Waals surface area contributed by atoms with Crippen molar-refractivity contribution in [3.8, 4) is 6.07 Å². The summed E-state index contributed by atoms with van der Waals surface area (Å²) >= 11 is 0. The molecule has 0 aromatic carbocycles. The molecule has 0 aliphatic carbocycles. The van der Waals surface area contributed by atoms with E-state index in [4.69, 9.17) is 5.26 Å². The summed E-state index contributed by atoms with van der Waals surface area (Å²) in [5.74, 6) is 0. The monoisotopic (exact) mass is 246 g/mol. The Morgan fingerprint density at radius 3 is 2.78 bits per heavy atom. The Hall–Kier alpha value is -1.34. The number of likely N-dealkylation sites (tertiary alicyclic amines) is 1. The van der Waals surface area contributed by atoms with E-state index >= 15 is 0 Å². The molecule has 98 valence electrons. The van der Waals surface area contributed by atoms with Crippen LogP contribution in [0.3, 0.4) is 0 Å². The lowest BCUT2D eigenvalue weighted by Crippen LogP contribution is -2.32. The Kier molecular flexibility index (Phi) is 3.72. The van der Waals surface area contributed by atoms with Crippen molar-refractivity contribution in [1.82, 2.24) is 14.7 Å². The quantitative estimate of drug-likeness (QED) is 0.823. The first-order valence-corrected chi connectivity index (χ1v) is 6.69. The van der Waals surface area contributed by atoms with Gasteiger partial charge in [0.15, 0.2) is 0 Å². The van der Waals surface area contributed by atoms with Crippen molar-refractivity contribution >= 4 is 0 Å².